The summed E-state index contributed by atoms with van der Waals surface area (Å²) in [5.41, 5.74) is 11.8. The van der Waals surface area contributed by atoms with E-state index in [1.807, 2.05) is 12.3 Å². The van der Waals surface area contributed by atoms with Crippen LogP contribution in [0.25, 0.3) is 44.4 Å². The van der Waals surface area contributed by atoms with Gasteiger partial charge in [-0.3, -0.25) is 4.57 Å². The maximum Gasteiger partial charge on any atom is 0.137 e. The van der Waals surface area contributed by atoms with E-state index in [0.29, 0.717) is 17.3 Å². The minimum Gasteiger partial charge on any atom is -0.457 e. The number of aromatic nitrogens is 4. The standard InChI is InChI=1S/C47H52N4O/c1-30(2)37-25-38(51-34(6)46(33(5)49-51)35-15-11-10-12-16-35)28-40(26-37)52-39-18-19-41-42-27-36(32(4)14-13-22-47(7,8)9)17-20-43(42)50(44(41)29-39)45-24-31(3)21-23-48-45/h10-12,15-21,23-30,32H,13-14,22H2,1-9H3. The molecule has 0 bridgehead atoms. The van der Waals surface area contributed by atoms with Crippen molar-refractivity contribution in [3.05, 3.63) is 131 Å². The third-order valence-electron chi connectivity index (χ3n) is 10.4. The fourth-order valence-electron chi connectivity index (χ4n) is 7.56. The number of nitrogens with zero attached hydrogens (tertiary/aromatic N) is 4. The zero-order valence-corrected chi connectivity index (χ0v) is 32.3. The first-order valence-electron chi connectivity index (χ1n) is 18.8. The second kappa shape index (κ2) is 14.1. The maximum atomic E-state index is 6.77. The zero-order valence-electron chi connectivity index (χ0n) is 32.3. The number of rotatable bonds is 10. The van der Waals surface area contributed by atoms with Gasteiger partial charge in [-0.05, 0) is 122 Å². The van der Waals surface area contributed by atoms with Gasteiger partial charge in [0, 0.05) is 40.4 Å². The number of aryl methyl sites for hydroxylation is 2. The van der Waals surface area contributed by atoms with E-state index in [0.717, 1.165) is 45.4 Å². The number of benzene rings is 4. The van der Waals surface area contributed by atoms with Crippen LogP contribution in [0.15, 0.2) is 103 Å². The summed E-state index contributed by atoms with van der Waals surface area (Å²) in [6.07, 6.45) is 5.54. The summed E-state index contributed by atoms with van der Waals surface area (Å²) in [4.78, 5) is 4.84. The van der Waals surface area contributed by atoms with E-state index in [1.165, 1.54) is 57.9 Å². The van der Waals surface area contributed by atoms with Crippen LogP contribution in [0.5, 0.6) is 11.5 Å². The normalized spacial score (nSPS) is 12.7. The average molecular weight is 689 g/mol. The molecule has 5 nitrogen and oxygen atoms in total. The van der Waals surface area contributed by atoms with Crippen LogP contribution in [-0.4, -0.2) is 19.3 Å². The van der Waals surface area contributed by atoms with Gasteiger partial charge in [0.15, 0.2) is 0 Å². The summed E-state index contributed by atoms with van der Waals surface area (Å²) in [5.74, 6) is 3.28. The van der Waals surface area contributed by atoms with E-state index < -0.39 is 0 Å². The van der Waals surface area contributed by atoms with Gasteiger partial charge in [0.2, 0.25) is 0 Å². The maximum absolute atomic E-state index is 6.77. The van der Waals surface area contributed by atoms with E-state index in [2.05, 4.69) is 163 Å². The molecule has 0 aliphatic carbocycles. The minimum atomic E-state index is 0.315. The van der Waals surface area contributed by atoms with Gasteiger partial charge in [-0.25, -0.2) is 9.67 Å². The molecule has 1 unspecified atom stereocenters. The first kappa shape index (κ1) is 35.3. The van der Waals surface area contributed by atoms with Crippen LogP contribution in [0.3, 0.4) is 0 Å². The van der Waals surface area contributed by atoms with Gasteiger partial charge >= 0.3 is 0 Å². The number of hydrogen-bond donors (Lipinski definition) is 0. The third-order valence-corrected chi connectivity index (χ3v) is 10.4. The van der Waals surface area contributed by atoms with E-state index in [4.69, 9.17) is 14.8 Å². The molecule has 52 heavy (non-hydrogen) atoms. The molecule has 0 N–H and O–H groups in total. The molecule has 7 rings (SSSR count). The summed E-state index contributed by atoms with van der Waals surface area (Å²) in [7, 11) is 0. The van der Waals surface area contributed by atoms with Crippen LogP contribution in [0.2, 0.25) is 0 Å². The molecule has 0 spiro atoms. The SMILES string of the molecule is Cc1ccnc(-n2c3ccc(C(C)CCCC(C)(C)C)cc3c3ccc(Oc4cc(C(C)C)cc(-n5nc(C)c(-c6ccccc6)c5C)c4)cc32)c1. The lowest BCUT2D eigenvalue weighted by atomic mass is 9.86. The Morgan fingerprint density at radius 2 is 1.52 bits per heavy atom. The van der Waals surface area contributed by atoms with Gasteiger partial charge in [0.1, 0.15) is 17.3 Å². The predicted octanol–water partition coefficient (Wildman–Crippen LogP) is 13.2. The highest BCUT2D eigenvalue weighted by Crippen LogP contribution is 2.39. The lowest BCUT2D eigenvalue weighted by Crippen LogP contribution is -2.05. The highest BCUT2D eigenvalue weighted by molar-refractivity contribution is 6.09. The van der Waals surface area contributed by atoms with Gasteiger partial charge < -0.3 is 4.74 Å². The summed E-state index contributed by atoms with van der Waals surface area (Å²) in [6, 6.07) is 34.7. The Labute approximate surface area is 309 Å². The van der Waals surface area contributed by atoms with Crippen LogP contribution < -0.4 is 4.74 Å². The molecular weight excluding hydrogens is 637 g/mol. The molecule has 0 aliphatic rings. The Morgan fingerprint density at radius 3 is 2.25 bits per heavy atom. The lowest BCUT2D eigenvalue weighted by Gasteiger charge is -2.19. The minimum absolute atomic E-state index is 0.315. The molecule has 0 fully saturated rings. The Bertz CT molecular complexity index is 2370. The number of fused-ring (bicyclic) bond motifs is 3. The molecule has 0 radical (unpaired) electrons. The second-order valence-electron chi connectivity index (χ2n) is 16.2. The highest BCUT2D eigenvalue weighted by Gasteiger charge is 2.19. The van der Waals surface area contributed by atoms with E-state index in [1.54, 1.807) is 0 Å². The van der Waals surface area contributed by atoms with Gasteiger partial charge in [0.05, 0.1) is 22.4 Å². The monoisotopic (exact) mass is 688 g/mol. The molecule has 3 aromatic heterocycles. The number of pyridine rings is 1. The molecule has 1 atom stereocenters. The molecule has 3 heterocycles. The molecule has 7 aromatic rings. The van der Waals surface area contributed by atoms with Crippen LogP contribution >= 0.6 is 0 Å². The molecular formula is C47H52N4O. The van der Waals surface area contributed by atoms with Crippen molar-refractivity contribution in [1.29, 1.82) is 0 Å². The Kier molecular flexibility index (Phi) is 9.56. The molecule has 266 valence electrons. The van der Waals surface area contributed by atoms with Crippen molar-refractivity contribution in [2.45, 2.75) is 93.4 Å². The van der Waals surface area contributed by atoms with Crippen molar-refractivity contribution < 1.29 is 4.74 Å². The van der Waals surface area contributed by atoms with Crippen LogP contribution in [0.4, 0.5) is 0 Å². The summed E-state index contributed by atoms with van der Waals surface area (Å²) in [5, 5.41) is 7.46. The Balaban J connectivity index is 1.30. The summed E-state index contributed by atoms with van der Waals surface area (Å²) < 4.78 is 11.1. The van der Waals surface area contributed by atoms with Crippen LogP contribution in [-0.2, 0) is 0 Å². The average Bonchev–Trinajstić information content (AvgIpc) is 3.59. The molecule has 0 aliphatic heterocycles. The van der Waals surface area contributed by atoms with Crippen LogP contribution in [0.1, 0.15) is 101 Å². The van der Waals surface area contributed by atoms with E-state index in [-0.39, 0.29) is 0 Å². The Morgan fingerprint density at radius 1 is 0.731 bits per heavy atom. The van der Waals surface area contributed by atoms with Crippen molar-refractivity contribution in [2.24, 2.45) is 5.41 Å². The van der Waals surface area contributed by atoms with Crippen molar-refractivity contribution in [3.8, 4) is 34.1 Å². The molecule has 5 heteroatoms. The van der Waals surface area contributed by atoms with Crippen molar-refractivity contribution >= 4 is 21.8 Å². The zero-order chi connectivity index (χ0) is 36.7. The van der Waals surface area contributed by atoms with Gasteiger partial charge in [0.25, 0.3) is 0 Å². The first-order chi connectivity index (χ1) is 24.9. The van der Waals surface area contributed by atoms with E-state index >= 15 is 0 Å². The largest absolute Gasteiger partial charge is 0.457 e. The van der Waals surface area contributed by atoms with Gasteiger partial charge in [-0.1, -0.05) is 84.4 Å². The molecule has 0 saturated carbocycles. The van der Waals surface area contributed by atoms with Crippen LogP contribution in [0, 0.1) is 26.2 Å². The molecule has 0 amide bonds. The summed E-state index contributed by atoms with van der Waals surface area (Å²) >= 11 is 0. The third kappa shape index (κ3) is 7.14. The predicted molar refractivity (Wildman–Crippen MR) is 218 cm³/mol. The van der Waals surface area contributed by atoms with Gasteiger partial charge in [-0.2, -0.15) is 5.10 Å². The molecule has 0 saturated heterocycles. The topological polar surface area (TPSA) is 44.9 Å². The fraction of sp³-hybridized carbons (Fsp3) is 0.319. The van der Waals surface area contributed by atoms with Gasteiger partial charge in [-0.15, -0.1) is 0 Å². The Hall–Kier alpha value is -5.16. The summed E-state index contributed by atoms with van der Waals surface area (Å²) in [6.45, 7) is 20.2. The van der Waals surface area contributed by atoms with E-state index in [9.17, 15) is 0 Å². The van der Waals surface area contributed by atoms with Crippen molar-refractivity contribution in [2.75, 3.05) is 0 Å². The quantitative estimate of drug-likeness (QED) is 0.144. The lowest BCUT2D eigenvalue weighted by molar-refractivity contribution is 0.354. The highest BCUT2D eigenvalue weighted by atomic mass is 16.5. The number of hydrogen-bond acceptors (Lipinski definition) is 3. The van der Waals surface area contributed by atoms with Crippen molar-refractivity contribution in [1.82, 2.24) is 19.3 Å². The first-order valence-corrected chi connectivity index (χ1v) is 18.8. The molecule has 4 aromatic carbocycles. The fourth-order valence-corrected chi connectivity index (χ4v) is 7.56. The van der Waals surface area contributed by atoms with Crippen molar-refractivity contribution in [3.63, 3.8) is 0 Å². The smallest absolute Gasteiger partial charge is 0.137 e. The second-order valence-corrected chi connectivity index (χ2v) is 16.2. The number of ether oxygens (including phenoxy) is 1.